The lowest BCUT2D eigenvalue weighted by Gasteiger charge is -2.09. The number of nitrogens with one attached hydrogen (secondary N) is 2. The molecule has 3 aromatic rings. The first kappa shape index (κ1) is 21.1. The Hall–Kier alpha value is -3.62. The number of aromatic amines is 1. The van der Waals surface area contributed by atoms with Gasteiger partial charge in [-0.3, -0.25) is 9.59 Å². The zero-order valence-corrected chi connectivity index (χ0v) is 15.6. The molecule has 0 atom stereocenters. The van der Waals surface area contributed by atoms with Gasteiger partial charge in [0.05, 0.1) is 16.8 Å². The summed E-state index contributed by atoms with van der Waals surface area (Å²) in [6.07, 6.45) is -2.34. The quantitative estimate of drug-likeness (QED) is 0.338. The number of hydrogen-bond donors (Lipinski definition) is 2. The molecule has 9 heteroatoms. The van der Waals surface area contributed by atoms with Crippen molar-refractivity contribution in [1.29, 1.82) is 0 Å². The molecule has 0 saturated carbocycles. The van der Waals surface area contributed by atoms with Crippen LogP contribution in [-0.2, 0) is 0 Å². The summed E-state index contributed by atoms with van der Waals surface area (Å²) in [4.78, 5) is 27.4. The van der Waals surface area contributed by atoms with E-state index in [4.69, 9.17) is 0 Å². The van der Waals surface area contributed by atoms with E-state index >= 15 is 0 Å². The second-order valence-electron chi connectivity index (χ2n) is 6.27. The molecule has 0 bridgehead atoms. The van der Waals surface area contributed by atoms with Crippen molar-refractivity contribution in [2.75, 3.05) is 11.9 Å². The third kappa shape index (κ3) is 5.05. The van der Waals surface area contributed by atoms with Crippen molar-refractivity contribution in [2.24, 2.45) is 0 Å². The van der Waals surface area contributed by atoms with Crippen molar-refractivity contribution in [3.63, 3.8) is 0 Å². The zero-order chi connectivity index (χ0) is 21.9. The number of hydrogen-bond acceptors (Lipinski definition) is 4. The minimum Gasteiger partial charge on any atom is -0.406 e. The molecule has 0 aliphatic heterocycles. The van der Waals surface area contributed by atoms with E-state index < -0.39 is 29.3 Å². The van der Waals surface area contributed by atoms with Crippen molar-refractivity contribution in [3.8, 4) is 5.75 Å². The van der Waals surface area contributed by atoms with Crippen LogP contribution in [0.1, 0.15) is 22.8 Å². The molecule has 3 rings (SSSR count). The van der Waals surface area contributed by atoms with Crippen molar-refractivity contribution < 1.29 is 27.1 Å². The van der Waals surface area contributed by atoms with Gasteiger partial charge in [-0.2, -0.15) is 0 Å². The fourth-order valence-electron chi connectivity index (χ4n) is 2.84. The summed E-state index contributed by atoms with van der Waals surface area (Å²) in [6, 6.07) is 8.60. The molecule has 0 aliphatic carbocycles. The number of ketones is 1. The second kappa shape index (κ2) is 8.40. The van der Waals surface area contributed by atoms with Crippen LogP contribution in [0.2, 0.25) is 0 Å². The topological polar surface area (TPSA) is 71.2 Å². The monoisotopic (exact) mass is 420 g/mol. The van der Waals surface area contributed by atoms with Gasteiger partial charge in [-0.15, -0.1) is 13.2 Å². The number of H-pyrrole nitrogens is 1. The van der Waals surface area contributed by atoms with Gasteiger partial charge in [0, 0.05) is 11.9 Å². The van der Waals surface area contributed by atoms with E-state index in [1.807, 2.05) is 6.92 Å². The maximum atomic E-state index is 13.8. The summed E-state index contributed by atoms with van der Waals surface area (Å²) in [6.45, 7) is 2.33. The molecule has 2 N–H and O–H groups in total. The van der Waals surface area contributed by atoms with E-state index in [1.165, 1.54) is 36.4 Å². The molecular formula is C21H16F4N2O3. The van der Waals surface area contributed by atoms with Gasteiger partial charge in [0.1, 0.15) is 11.6 Å². The van der Waals surface area contributed by atoms with E-state index in [9.17, 15) is 27.2 Å². The molecular weight excluding hydrogens is 404 g/mol. The molecule has 1 heterocycles. The average Bonchev–Trinajstić information content (AvgIpc) is 2.66. The third-order valence-corrected chi connectivity index (χ3v) is 4.09. The third-order valence-electron chi connectivity index (χ3n) is 4.09. The van der Waals surface area contributed by atoms with Crippen molar-refractivity contribution >= 4 is 28.4 Å². The Balaban J connectivity index is 1.86. The van der Waals surface area contributed by atoms with Crippen LogP contribution in [0.15, 0.2) is 53.3 Å². The van der Waals surface area contributed by atoms with Gasteiger partial charge < -0.3 is 15.0 Å². The minimum atomic E-state index is -4.80. The van der Waals surface area contributed by atoms with Gasteiger partial charge >= 0.3 is 6.36 Å². The SMILES string of the molecule is CCNc1cc(F)cc2cc(C(=O)C=Cc3ccc(OC(F)(F)F)cc3)c(=O)[nH]c12. The highest BCUT2D eigenvalue weighted by Gasteiger charge is 2.30. The van der Waals surface area contributed by atoms with Gasteiger partial charge in [-0.25, -0.2) is 4.39 Å². The number of pyridine rings is 1. The molecule has 0 amide bonds. The lowest BCUT2D eigenvalue weighted by molar-refractivity contribution is -0.274. The maximum Gasteiger partial charge on any atom is 0.573 e. The summed E-state index contributed by atoms with van der Waals surface area (Å²) in [5.74, 6) is -1.56. The fourth-order valence-corrected chi connectivity index (χ4v) is 2.84. The highest BCUT2D eigenvalue weighted by Crippen LogP contribution is 2.24. The van der Waals surface area contributed by atoms with Crippen LogP contribution in [0.25, 0.3) is 17.0 Å². The van der Waals surface area contributed by atoms with Crippen molar-refractivity contribution in [1.82, 2.24) is 4.98 Å². The average molecular weight is 420 g/mol. The number of carbonyl (C=O) groups is 1. The molecule has 0 radical (unpaired) electrons. The van der Waals surface area contributed by atoms with Crippen LogP contribution in [-0.4, -0.2) is 23.7 Å². The predicted octanol–water partition coefficient (Wildman–Crippen LogP) is 4.89. The Kier molecular flexibility index (Phi) is 5.91. The maximum absolute atomic E-state index is 13.8. The van der Waals surface area contributed by atoms with E-state index in [0.29, 0.717) is 28.7 Å². The van der Waals surface area contributed by atoms with E-state index in [2.05, 4.69) is 15.0 Å². The molecule has 5 nitrogen and oxygen atoms in total. The van der Waals surface area contributed by atoms with Crippen LogP contribution >= 0.6 is 0 Å². The minimum absolute atomic E-state index is 0.191. The molecule has 1 aromatic heterocycles. The normalized spacial score (nSPS) is 11.8. The van der Waals surface area contributed by atoms with Gasteiger partial charge in [0.2, 0.25) is 0 Å². The van der Waals surface area contributed by atoms with E-state index in [0.717, 1.165) is 18.2 Å². The molecule has 156 valence electrons. The first-order chi connectivity index (χ1) is 14.2. The highest BCUT2D eigenvalue weighted by atomic mass is 19.4. The number of carbonyl (C=O) groups excluding carboxylic acids is 1. The lowest BCUT2D eigenvalue weighted by Crippen LogP contribution is -2.17. The number of aromatic nitrogens is 1. The van der Waals surface area contributed by atoms with E-state index in [1.54, 1.807) is 0 Å². The Morgan fingerprint density at radius 3 is 2.50 bits per heavy atom. The smallest absolute Gasteiger partial charge is 0.406 e. The summed E-state index contributed by atoms with van der Waals surface area (Å²) in [7, 11) is 0. The molecule has 0 unspecified atom stereocenters. The Bertz CT molecular complexity index is 1170. The Morgan fingerprint density at radius 1 is 1.17 bits per heavy atom. The molecule has 0 spiro atoms. The molecule has 0 aliphatic rings. The molecule has 0 fully saturated rings. The second-order valence-corrected chi connectivity index (χ2v) is 6.27. The van der Waals surface area contributed by atoms with Crippen molar-refractivity contribution in [2.45, 2.75) is 13.3 Å². The number of alkyl halides is 3. The number of anilines is 1. The van der Waals surface area contributed by atoms with Gasteiger partial charge in [-0.1, -0.05) is 18.2 Å². The summed E-state index contributed by atoms with van der Waals surface area (Å²) in [5, 5.41) is 3.29. The van der Waals surface area contributed by atoms with Gasteiger partial charge in [0.15, 0.2) is 5.78 Å². The summed E-state index contributed by atoms with van der Waals surface area (Å²) >= 11 is 0. The molecule has 2 aromatic carbocycles. The Morgan fingerprint density at radius 2 is 1.87 bits per heavy atom. The van der Waals surface area contributed by atoms with Crippen molar-refractivity contribution in [3.05, 3.63) is 75.8 Å². The standard InChI is InChI=1S/C21H16F4N2O3/c1-2-26-17-11-14(22)9-13-10-16(20(29)27-19(13)17)18(28)8-5-12-3-6-15(7-4-12)30-21(23,24)25/h3-11,26H,2H2,1H3,(H,27,29). The van der Waals surface area contributed by atoms with Crippen LogP contribution in [0.5, 0.6) is 5.75 Å². The number of ether oxygens (including phenoxy) is 1. The van der Waals surface area contributed by atoms with Crippen LogP contribution in [0, 0.1) is 5.82 Å². The number of fused-ring (bicyclic) bond motifs is 1. The molecule has 30 heavy (non-hydrogen) atoms. The first-order valence-corrected chi connectivity index (χ1v) is 8.85. The highest BCUT2D eigenvalue weighted by molar-refractivity contribution is 6.08. The number of halogens is 4. The number of rotatable bonds is 6. The fraction of sp³-hybridized carbons (Fsp3) is 0.143. The first-order valence-electron chi connectivity index (χ1n) is 8.85. The Labute approximate surface area is 168 Å². The summed E-state index contributed by atoms with van der Waals surface area (Å²) < 4.78 is 54.2. The lowest BCUT2D eigenvalue weighted by atomic mass is 10.1. The van der Waals surface area contributed by atoms with Crippen LogP contribution in [0.3, 0.4) is 0 Å². The molecule has 0 saturated heterocycles. The van der Waals surface area contributed by atoms with Gasteiger partial charge in [0.25, 0.3) is 5.56 Å². The number of benzene rings is 2. The summed E-state index contributed by atoms with van der Waals surface area (Å²) in [5.41, 5.74) is 0.376. The van der Waals surface area contributed by atoms with Crippen LogP contribution < -0.4 is 15.6 Å². The van der Waals surface area contributed by atoms with Crippen LogP contribution in [0.4, 0.5) is 23.2 Å². The van der Waals surface area contributed by atoms with E-state index in [-0.39, 0.29) is 5.56 Å². The number of allylic oxidation sites excluding steroid dienone is 1. The largest absolute Gasteiger partial charge is 0.573 e. The predicted molar refractivity (Wildman–Crippen MR) is 105 cm³/mol. The van der Waals surface area contributed by atoms with Gasteiger partial charge in [-0.05, 0) is 48.9 Å². The zero-order valence-electron chi connectivity index (χ0n) is 15.6.